The van der Waals surface area contributed by atoms with Crippen molar-refractivity contribution in [3.8, 4) is 16.8 Å². The van der Waals surface area contributed by atoms with E-state index in [0.29, 0.717) is 17.8 Å². The Morgan fingerprint density at radius 1 is 0.947 bits per heavy atom. The van der Waals surface area contributed by atoms with E-state index >= 15 is 0 Å². The molecule has 0 fully saturated rings. The predicted octanol–water partition coefficient (Wildman–Crippen LogP) is 5.88. The van der Waals surface area contributed by atoms with Gasteiger partial charge in [0.15, 0.2) is 0 Å². The van der Waals surface area contributed by atoms with Crippen molar-refractivity contribution in [1.82, 2.24) is 19.6 Å². The Labute approximate surface area is 225 Å². The van der Waals surface area contributed by atoms with E-state index in [4.69, 9.17) is 0 Å². The first-order valence-corrected chi connectivity index (χ1v) is 14.4. The number of hydrogen-bond acceptors (Lipinski definition) is 5. The Bertz CT molecular complexity index is 1630. The fourth-order valence-corrected chi connectivity index (χ4v) is 6.14. The molecule has 9 heteroatoms. The minimum atomic E-state index is -4.05. The van der Waals surface area contributed by atoms with Gasteiger partial charge in [0.2, 0.25) is 0 Å². The number of carbonyl (C=O) groups excluding carboxylic acids is 1. The second kappa shape index (κ2) is 11.0. The Balaban J connectivity index is 1.43. The van der Waals surface area contributed by atoms with Gasteiger partial charge in [-0.2, -0.15) is 11.3 Å². The molecular weight excluding hydrogens is 516 g/mol. The molecule has 0 radical (unpaired) electrons. The molecule has 38 heavy (non-hydrogen) atoms. The molecule has 7 nitrogen and oxygen atoms in total. The van der Waals surface area contributed by atoms with Gasteiger partial charge in [-0.1, -0.05) is 60.7 Å². The van der Waals surface area contributed by atoms with Crippen LogP contribution in [0.5, 0.6) is 0 Å². The number of imidazole rings is 1. The van der Waals surface area contributed by atoms with E-state index in [-0.39, 0.29) is 4.90 Å². The van der Waals surface area contributed by atoms with Gasteiger partial charge in [-0.05, 0) is 70.6 Å². The molecule has 1 unspecified atom stereocenters. The van der Waals surface area contributed by atoms with Crippen molar-refractivity contribution >= 4 is 27.4 Å². The third-order valence-electron chi connectivity index (χ3n) is 6.18. The van der Waals surface area contributed by atoms with Crippen molar-refractivity contribution in [2.45, 2.75) is 24.3 Å². The van der Waals surface area contributed by atoms with Crippen molar-refractivity contribution < 1.29 is 13.2 Å². The van der Waals surface area contributed by atoms with Crippen LogP contribution in [0.4, 0.5) is 4.79 Å². The van der Waals surface area contributed by atoms with E-state index in [1.54, 1.807) is 42.7 Å². The molecule has 5 rings (SSSR count). The topological polar surface area (TPSA) is 93.1 Å². The summed E-state index contributed by atoms with van der Waals surface area (Å²) in [5, 5.41) is 6.99. The van der Waals surface area contributed by atoms with Gasteiger partial charge in [-0.15, -0.1) is 0 Å². The third-order valence-corrected chi connectivity index (χ3v) is 8.35. The Morgan fingerprint density at radius 3 is 2.39 bits per heavy atom. The van der Waals surface area contributed by atoms with Gasteiger partial charge in [0.1, 0.15) is 5.82 Å². The smallest absolute Gasteiger partial charge is 0.327 e. The van der Waals surface area contributed by atoms with Crippen LogP contribution < -0.4 is 10.0 Å². The lowest BCUT2D eigenvalue weighted by atomic mass is 10.0. The molecule has 0 aliphatic rings. The van der Waals surface area contributed by atoms with Crippen molar-refractivity contribution in [2.24, 2.45) is 0 Å². The zero-order chi connectivity index (χ0) is 26.5. The first-order valence-electron chi connectivity index (χ1n) is 12.0. The number of sulfonamides is 1. The molecule has 2 aromatic heterocycles. The van der Waals surface area contributed by atoms with E-state index in [1.807, 2.05) is 70.7 Å². The number of hydrogen-bond donors (Lipinski definition) is 2. The molecule has 0 spiro atoms. The van der Waals surface area contributed by atoms with Gasteiger partial charge in [0.05, 0.1) is 10.9 Å². The monoisotopic (exact) mass is 542 g/mol. The average molecular weight is 543 g/mol. The van der Waals surface area contributed by atoms with Crippen molar-refractivity contribution in [1.29, 1.82) is 0 Å². The minimum absolute atomic E-state index is 0.0574. The Morgan fingerprint density at radius 2 is 1.68 bits per heavy atom. The van der Waals surface area contributed by atoms with E-state index in [9.17, 15) is 13.2 Å². The summed E-state index contributed by atoms with van der Waals surface area (Å²) in [6.07, 6.45) is 3.92. The van der Waals surface area contributed by atoms with E-state index < -0.39 is 22.1 Å². The highest BCUT2D eigenvalue weighted by Crippen LogP contribution is 2.26. The first-order chi connectivity index (χ1) is 18.4. The van der Waals surface area contributed by atoms with Crippen LogP contribution in [-0.2, 0) is 16.4 Å². The highest BCUT2D eigenvalue weighted by molar-refractivity contribution is 7.90. The van der Waals surface area contributed by atoms with Crippen LogP contribution >= 0.6 is 11.3 Å². The molecule has 5 aromatic rings. The maximum absolute atomic E-state index is 13.0. The largest absolute Gasteiger partial charge is 0.329 e. The van der Waals surface area contributed by atoms with Crippen LogP contribution in [0.3, 0.4) is 0 Å². The lowest BCUT2D eigenvalue weighted by Crippen LogP contribution is -2.42. The number of thiophene rings is 1. The van der Waals surface area contributed by atoms with Crippen LogP contribution in [0.25, 0.3) is 16.8 Å². The molecule has 0 aliphatic carbocycles. The summed E-state index contributed by atoms with van der Waals surface area (Å²) < 4.78 is 29.9. The zero-order valence-electron chi connectivity index (χ0n) is 20.6. The number of aryl methyl sites for hydroxylation is 1. The van der Waals surface area contributed by atoms with Crippen LogP contribution in [0, 0.1) is 6.92 Å². The lowest BCUT2D eigenvalue weighted by Gasteiger charge is -2.21. The summed E-state index contributed by atoms with van der Waals surface area (Å²) in [4.78, 5) is 17.6. The fourth-order valence-electron chi connectivity index (χ4n) is 4.31. The molecule has 2 heterocycles. The SMILES string of the molecule is Cc1ccccc1S(=O)(=O)NC(=O)NC(Cc1ccccc1)c1nccn1-c1ccc(-c2ccsc2)cc1. The van der Waals surface area contributed by atoms with Crippen LogP contribution in [0.1, 0.15) is 23.0 Å². The highest BCUT2D eigenvalue weighted by Gasteiger charge is 2.25. The van der Waals surface area contributed by atoms with Gasteiger partial charge in [0.25, 0.3) is 10.0 Å². The molecule has 0 saturated heterocycles. The summed E-state index contributed by atoms with van der Waals surface area (Å²) in [6.45, 7) is 1.69. The number of aromatic nitrogens is 2. The number of amides is 2. The number of nitrogens with zero attached hydrogens (tertiary/aromatic N) is 2. The molecule has 192 valence electrons. The molecular formula is C29H26N4O3S2. The maximum Gasteiger partial charge on any atom is 0.329 e. The number of urea groups is 1. The van der Waals surface area contributed by atoms with Gasteiger partial charge in [0, 0.05) is 18.1 Å². The highest BCUT2D eigenvalue weighted by atomic mass is 32.2. The van der Waals surface area contributed by atoms with Crippen molar-refractivity contribution in [2.75, 3.05) is 0 Å². The molecule has 0 saturated carbocycles. The summed E-state index contributed by atoms with van der Waals surface area (Å²) in [6, 6.07) is 24.9. The van der Waals surface area contributed by atoms with Crippen LogP contribution in [-0.4, -0.2) is 24.0 Å². The quantitative estimate of drug-likeness (QED) is 0.256. The molecule has 0 bridgehead atoms. The zero-order valence-corrected chi connectivity index (χ0v) is 22.2. The number of carbonyl (C=O) groups is 1. The average Bonchev–Trinajstić information content (AvgIpc) is 3.62. The summed E-state index contributed by atoms with van der Waals surface area (Å²) >= 11 is 1.65. The summed E-state index contributed by atoms with van der Waals surface area (Å²) in [7, 11) is -4.05. The van der Waals surface area contributed by atoms with Gasteiger partial charge < -0.3 is 9.88 Å². The summed E-state index contributed by atoms with van der Waals surface area (Å²) in [5.74, 6) is 0.584. The van der Waals surface area contributed by atoms with Crippen LogP contribution in [0.15, 0.2) is 113 Å². The van der Waals surface area contributed by atoms with E-state index in [2.05, 4.69) is 26.5 Å². The number of rotatable bonds is 8. The van der Waals surface area contributed by atoms with Gasteiger partial charge in [-0.3, -0.25) is 0 Å². The molecule has 2 amide bonds. The normalized spacial score (nSPS) is 12.1. The van der Waals surface area contributed by atoms with Gasteiger partial charge in [-0.25, -0.2) is 22.9 Å². The standard InChI is InChI=1S/C29H26N4O3S2/c1-21-7-5-6-10-27(21)38(35,36)32-29(34)31-26(19-22-8-3-2-4-9-22)28-30-16-17-33(28)25-13-11-23(12-14-25)24-15-18-37-20-24/h2-18,20,26H,19H2,1H3,(H2,31,32,34). The van der Waals surface area contributed by atoms with E-state index in [1.165, 1.54) is 6.07 Å². The van der Waals surface area contributed by atoms with E-state index in [0.717, 1.165) is 22.4 Å². The molecule has 1 atom stereocenters. The second-order valence-corrected chi connectivity index (χ2v) is 11.2. The van der Waals surface area contributed by atoms with Crippen LogP contribution in [0.2, 0.25) is 0 Å². The minimum Gasteiger partial charge on any atom is -0.327 e. The lowest BCUT2D eigenvalue weighted by molar-refractivity contribution is 0.241. The second-order valence-electron chi connectivity index (χ2n) is 8.80. The Hall–Kier alpha value is -4.21. The Kier molecular flexibility index (Phi) is 7.39. The fraction of sp³-hybridized carbons (Fsp3) is 0.103. The molecule has 3 aromatic carbocycles. The maximum atomic E-state index is 13.0. The first kappa shape index (κ1) is 25.4. The molecule has 0 aliphatic heterocycles. The van der Waals surface area contributed by atoms with Crippen molar-refractivity contribution in [3.05, 3.63) is 125 Å². The molecule has 2 N–H and O–H groups in total. The number of benzene rings is 3. The predicted molar refractivity (Wildman–Crippen MR) is 150 cm³/mol. The third kappa shape index (κ3) is 5.69. The number of nitrogens with one attached hydrogen (secondary N) is 2. The van der Waals surface area contributed by atoms with Gasteiger partial charge >= 0.3 is 6.03 Å². The summed E-state index contributed by atoms with van der Waals surface area (Å²) in [5.41, 5.74) is 4.67. The van der Waals surface area contributed by atoms with Crippen molar-refractivity contribution in [3.63, 3.8) is 0 Å².